The quantitative estimate of drug-likeness (QED) is 0.396. The molecule has 4 aromatic rings. The molecule has 12 heteroatoms. The van der Waals surface area contributed by atoms with Crippen LogP contribution in [-0.4, -0.2) is 61.6 Å². The minimum Gasteiger partial charge on any atom is -0.415 e. The second kappa shape index (κ2) is 10.4. The first-order valence-electron chi connectivity index (χ1n) is 12.0. The van der Waals surface area contributed by atoms with E-state index in [2.05, 4.69) is 20.1 Å². The molecule has 198 valence electrons. The maximum atomic E-state index is 13.6. The van der Waals surface area contributed by atoms with Crippen LogP contribution in [0.15, 0.2) is 54.9 Å². The van der Waals surface area contributed by atoms with E-state index in [1.807, 2.05) is 37.3 Å². The Bertz CT molecular complexity index is 1490. The monoisotopic (exact) mass is 542 g/mol. The lowest BCUT2D eigenvalue weighted by Crippen LogP contribution is -2.51. The molecule has 9 nitrogen and oxygen atoms in total. The number of alkyl halides is 2. The second-order valence-electron chi connectivity index (χ2n) is 9.18. The number of amides is 2. The van der Waals surface area contributed by atoms with E-state index in [1.165, 1.54) is 17.8 Å². The largest absolute Gasteiger partial charge is 0.415 e. The Balaban J connectivity index is 1.38. The topological polar surface area (TPSA) is 93.8 Å². The molecule has 4 heterocycles. The lowest BCUT2D eigenvalue weighted by atomic mass is 9.85. The maximum Gasteiger partial charge on any atom is 0.388 e. The number of piperidine rings is 1. The Hall–Kier alpha value is -3.99. The minimum atomic E-state index is -3.04. The first-order valence-corrected chi connectivity index (χ1v) is 12.4. The lowest BCUT2D eigenvalue weighted by Gasteiger charge is -2.39. The van der Waals surface area contributed by atoms with Crippen LogP contribution in [0.4, 0.5) is 8.78 Å². The molecule has 0 spiro atoms. The van der Waals surface area contributed by atoms with Crippen molar-refractivity contribution in [3.05, 3.63) is 82.4 Å². The van der Waals surface area contributed by atoms with Gasteiger partial charge in [-0.05, 0) is 25.0 Å². The van der Waals surface area contributed by atoms with E-state index >= 15 is 0 Å². The van der Waals surface area contributed by atoms with Crippen LogP contribution < -0.4 is 10.1 Å². The van der Waals surface area contributed by atoms with Crippen molar-refractivity contribution in [2.24, 2.45) is 7.05 Å². The van der Waals surface area contributed by atoms with Gasteiger partial charge in [-0.15, -0.1) is 5.10 Å². The molecule has 1 aliphatic heterocycles. The van der Waals surface area contributed by atoms with Gasteiger partial charge in [-0.25, -0.2) is 4.98 Å². The number of fused-ring (bicyclic) bond motifs is 1. The van der Waals surface area contributed by atoms with Crippen molar-refractivity contribution in [2.45, 2.75) is 31.9 Å². The van der Waals surface area contributed by atoms with Gasteiger partial charge in [0.25, 0.3) is 11.8 Å². The Morgan fingerprint density at radius 1 is 1.21 bits per heavy atom. The number of hydrogen-bond acceptors (Lipinski definition) is 5. The van der Waals surface area contributed by atoms with Gasteiger partial charge in [0.1, 0.15) is 5.69 Å². The number of nitrogens with one attached hydrogen (secondary N) is 1. The number of likely N-dealkylation sites (tertiary alicyclic amines) is 1. The third-order valence-corrected chi connectivity index (χ3v) is 7.02. The van der Waals surface area contributed by atoms with E-state index in [-0.39, 0.29) is 29.4 Å². The van der Waals surface area contributed by atoms with Crippen LogP contribution in [0.3, 0.4) is 0 Å². The average molecular weight is 543 g/mol. The normalized spacial score (nSPS) is 17.7. The summed E-state index contributed by atoms with van der Waals surface area (Å²) in [7, 11) is 1.48. The molecule has 38 heavy (non-hydrogen) atoms. The van der Waals surface area contributed by atoms with Crippen LogP contribution in [0, 0.1) is 6.92 Å². The molecule has 1 aromatic carbocycles. The summed E-state index contributed by atoms with van der Waals surface area (Å²) >= 11 is 6.40. The molecule has 2 amide bonds. The van der Waals surface area contributed by atoms with Gasteiger partial charge in [0.05, 0.1) is 10.6 Å². The molecule has 0 saturated carbocycles. The summed E-state index contributed by atoms with van der Waals surface area (Å²) in [6.07, 6.45) is 3.91. The van der Waals surface area contributed by atoms with Crippen molar-refractivity contribution in [1.82, 2.24) is 29.4 Å². The molecule has 1 N–H and O–H groups in total. The Kier molecular flexibility index (Phi) is 7.02. The lowest BCUT2D eigenvalue weighted by molar-refractivity contribution is -0.0531. The Morgan fingerprint density at radius 3 is 2.71 bits per heavy atom. The van der Waals surface area contributed by atoms with Crippen molar-refractivity contribution >= 4 is 29.1 Å². The number of nitrogens with zero attached hydrogens (tertiary/aromatic N) is 5. The summed E-state index contributed by atoms with van der Waals surface area (Å²) in [5.41, 5.74) is 2.93. The zero-order valence-corrected chi connectivity index (χ0v) is 21.4. The zero-order chi connectivity index (χ0) is 27.0. The van der Waals surface area contributed by atoms with E-state index in [9.17, 15) is 18.4 Å². The van der Waals surface area contributed by atoms with Crippen molar-refractivity contribution in [3.8, 4) is 5.88 Å². The molecule has 5 rings (SSSR count). The zero-order valence-electron chi connectivity index (χ0n) is 20.6. The predicted molar refractivity (Wildman–Crippen MR) is 136 cm³/mol. The van der Waals surface area contributed by atoms with Gasteiger partial charge in [-0.1, -0.05) is 41.9 Å². The summed E-state index contributed by atoms with van der Waals surface area (Å²) in [6.45, 7) is -0.401. The van der Waals surface area contributed by atoms with Crippen LogP contribution in [0.2, 0.25) is 5.02 Å². The molecule has 2 atom stereocenters. The minimum absolute atomic E-state index is 0.0876. The highest BCUT2D eigenvalue weighted by atomic mass is 35.5. The van der Waals surface area contributed by atoms with E-state index in [4.69, 9.17) is 11.6 Å². The number of hydrogen-bond donors (Lipinski definition) is 1. The van der Waals surface area contributed by atoms with Gasteiger partial charge in [-0.3, -0.25) is 14.3 Å². The van der Waals surface area contributed by atoms with Gasteiger partial charge in [0, 0.05) is 56.3 Å². The fourth-order valence-corrected chi connectivity index (χ4v) is 5.11. The number of benzene rings is 1. The second-order valence-corrected chi connectivity index (χ2v) is 9.58. The number of carbonyl (C=O) groups is 2. The van der Waals surface area contributed by atoms with Gasteiger partial charge >= 0.3 is 6.61 Å². The van der Waals surface area contributed by atoms with E-state index < -0.39 is 12.5 Å². The number of halogens is 3. The fraction of sp³-hybridized carbons (Fsp3) is 0.308. The summed E-state index contributed by atoms with van der Waals surface area (Å²) in [5, 5.41) is 7.23. The number of imidazole rings is 1. The highest BCUT2D eigenvalue weighted by Gasteiger charge is 2.35. The average Bonchev–Trinajstić information content (AvgIpc) is 3.46. The Labute approximate surface area is 222 Å². The number of aryl methyl sites for hydroxylation is 2. The van der Waals surface area contributed by atoms with Crippen LogP contribution in [-0.2, 0) is 7.05 Å². The van der Waals surface area contributed by atoms with Crippen molar-refractivity contribution in [3.63, 3.8) is 0 Å². The molecular weight excluding hydrogens is 518 g/mol. The van der Waals surface area contributed by atoms with Crippen molar-refractivity contribution in [1.29, 1.82) is 0 Å². The molecule has 0 unspecified atom stereocenters. The summed E-state index contributed by atoms with van der Waals surface area (Å²) in [6, 6.07) is 12.1. The smallest absolute Gasteiger partial charge is 0.388 e. The molecule has 1 saturated heterocycles. The van der Waals surface area contributed by atoms with E-state index in [1.54, 1.807) is 27.8 Å². The third kappa shape index (κ3) is 5.06. The van der Waals surface area contributed by atoms with Crippen LogP contribution in [0.1, 0.15) is 44.4 Å². The summed E-state index contributed by atoms with van der Waals surface area (Å²) in [4.78, 5) is 32.7. The number of pyridine rings is 1. The summed E-state index contributed by atoms with van der Waals surface area (Å²) < 4.78 is 32.5. The predicted octanol–water partition coefficient (Wildman–Crippen LogP) is 4.06. The summed E-state index contributed by atoms with van der Waals surface area (Å²) in [5.74, 6) is -1.19. The molecule has 1 fully saturated rings. The van der Waals surface area contributed by atoms with Gasteiger partial charge in [0.15, 0.2) is 5.65 Å². The van der Waals surface area contributed by atoms with E-state index in [0.29, 0.717) is 35.7 Å². The number of rotatable bonds is 6. The molecule has 0 radical (unpaired) electrons. The third-order valence-electron chi connectivity index (χ3n) is 6.74. The first kappa shape index (κ1) is 25.7. The molecule has 0 bridgehead atoms. The first-order chi connectivity index (χ1) is 18.2. The fourth-order valence-electron chi connectivity index (χ4n) is 4.85. The van der Waals surface area contributed by atoms with Gasteiger partial charge in [0.2, 0.25) is 5.88 Å². The number of ether oxygens (including phenoxy) is 1. The van der Waals surface area contributed by atoms with Crippen LogP contribution >= 0.6 is 11.6 Å². The molecule has 0 aliphatic carbocycles. The number of carbonyl (C=O) groups excluding carboxylic acids is 2. The van der Waals surface area contributed by atoms with Gasteiger partial charge in [-0.2, -0.15) is 8.78 Å². The van der Waals surface area contributed by atoms with E-state index in [0.717, 1.165) is 11.3 Å². The maximum absolute atomic E-state index is 13.6. The number of aromatic nitrogens is 4. The standard InChI is InChI=1S/C26H25ClF2N6O3/c1-15-12-30-23-19(27)10-17(13-35(15)23)25(37)34-9-8-20(18(14-34)16-6-4-3-5-7-16)31-24(36)21-11-22(32-33(21)2)38-26(28)29/h3-7,10-13,18,20,26H,8-9,14H2,1-2H3,(H,31,36)/t18-,20-/m1/s1. The van der Waals surface area contributed by atoms with Crippen molar-refractivity contribution in [2.75, 3.05) is 13.1 Å². The Morgan fingerprint density at radius 2 is 1.97 bits per heavy atom. The molecule has 3 aromatic heterocycles. The molecule has 1 aliphatic rings. The highest BCUT2D eigenvalue weighted by Crippen LogP contribution is 2.30. The van der Waals surface area contributed by atoms with Crippen LogP contribution in [0.5, 0.6) is 5.88 Å². The SMILES string of the molecule is Cc1cnc2c(Cl)cc(C(=O)N3CC[C@@H](NC(=O)c4cc(OC(F)F)nn4C)[C@@H](c4ccccc4)C3)cn12. The van der Waals surface area contributed by atoms with Crippen LogP contribution in [0.25, 0.3) is 5.65 Å². The molecular formula is C26H25ClF2N6O3. The highest BCUT2D eigenvalue weighted by molar-refractivity contribution is 6.33. The van der Waals surface area contributed by atoms with Gasteiger partial charge < -0.3 is 19.4 Å². The van der Waals surface area contributed by atoms with Crippen molar-refractivity contribution < 1.29 is 23.1 Å².